The molecule has 0 amide bonds. The van der Waals surface area contributed by atoms with Crippen LogP contribution in [0.5, 0.6) is 0 Å². The van der Waals surface area contributed by atoms with Gasteiger partial charge in [-0.05, 0) is 13.0 Å². The van der Waals surface area contributed by atoms with Gasteiger partial charge in [-0.1, -0.05) is 11.6 Å². The lowest BCUT2D eigenvalue weighted by atomic mass is 10.2. The van der Waals surface area contributed by atoms with E-state index in [2.05, 4.69) is 9.97 Å². The van der Waals surface area contributed by atoms with Crippen molar-refractivity contribution in [2.75, 3.05) is 0 Å². The quantitative estimate of drug-likeness (QED) is 0.709. The largest absolute Gasteiger partial charge is 0.346 e. The van der Waals surface area contributed by atoms with E-state index in [9.17, 15) is 4.79 Å². The summed E-state index contributed by atoms with van der Waals surface area (Å²) in [6, 6.07) is 1.80. The zero-order chi connectivity index (χ0) is 9.42. The van der Waals surface area contributed by atoms with Crippen molar-refractivity contribution in [1.29, 1.82) is 0 Å². The van der Waals surface area contributed by atoms with E-state index in [1.807, 2.05) is 0 Å². The predicted octanol–water partition coefficient (Wildman–Crippen LogP) is 2.42. The third-order valence-electron chi connectivity index (χ3n) is 1.90. The number of nitrogens with zero attached hydrogens (tertiary/aromatic N) is 1. The fourth-order valence-electron chi connectivity index (χ4n) is 1.22. The summed E-state index contributed by atoms with van der Waals surface area (Å²) in [6.45, 7) is 1.47. The van der Waals surface area contributed by atoms with E-state index in [1.54, 1.807) is 12.3 Å². The first-order chi connectivity index (χ1) is 6.20. The highest BCUT2D eigenvalue weighted by atomic mass is 35.5. The summed E-state index contributed by atoms with van der Waals surface area (Å²) in [7, 11) is 0. The molecule has 0 atom stereocenters. The topological polar surface area (TPSA) is 45.8 Å². The average Bonchev–Trinajstić information content (AvgIpc) is 2.52. The summed E-state index contributed by atoms with van der Waals surface area (Å²) in [6.07, 6.45) is 3.23. The van der Waals surface area contributed by atoms with Crippen LogP contribution >= 0.6 is 11.6 Å². The minimum absolute atomic E-state index is 0.0689. The molecule has 0 fully saturated rings. The standard InChI is InChI=1S/C9H7ClN2O/c1-5(13)7-4-12-9-6(8(7)10)2-3-11-9/h2-4H,1H3,(H,11,12). The molecule has 1 N–H and O–H groups in total. The van der Waals surface area contributed by atoms with Crippen LogP contribution < -0.4 is 0 Å². The van der Waals surface area contributed by atoms with Crippen molar-refractivity contribution >= 4 is 28.4 Å². The maximum absolute atomic E-state index is 11.1. The van der Waals surface area contributed by atoms with Crippen molar-refractivity contribution in [2.45, 2.75) is 6.92 Å². The van der Waals surface area contributed by atoms with Crippen LogP contribution in [0.3, 0.4) is 0 Å². The number of carbonyl (C=O) groups excluding carboxylic acids is 1. The lowest BCUT2D eigenvalue weighted by molar-refractivity contribution is 0.101. The Morgan fingerprint density at radius 1 is 1.62 bits per heavy atom. The molecule has 0 aliphatic heterocycles. The minimum Gasteiger partial charge on any atom is -0.346 e. The minimum atomic E-state index is -0.0689. The molecule has 0 aliphatic rings. The van der Waals surface area contributed by atoms with Gasteiger partial charge in [0.25, 0.3) is 0 Å². The number of fused-ring (bicyclic) bond motifs is 1. The fraction of sp³-hybridized carbons (Fsp3) is 0.111. The third kappa shape index (κ3) is 1.21. The second-order valence-electron chi connectivity index (χ2n) is 2.78. The lowest BCUT2D eigenvalue weighted by Crippen LogP contribution is -1.94. The van der Waals surface area contributed by atoms with Gasteiger partial charge in [0.05, 0.1) is 10.6 Å². The van der Waals surface area contributed by atoms with Crippen LogP contribution in [0.15, 0.2) is 18.5 Å². The SMILES string of the molecule is CC(=O)c1cnc2[nH]ccc2c1Cl. The first kappa shape index (κ1) is 8.26. The summed E-state index contributed by atoms with van der Waals surface area (Å²) in [5.74, 6) is -0.0689. The molecule has 0 saturated heterocycles. The Bertz CT molecular complexity index is 475. The van der Waals surface area contributed by atoms with Crippen LogP contribution in [0.4, 0.5) is 0 Å². The summed E-state index contributed by atoms with van der Waals surface area (Å²) < 4.78 is 0. The molecular formula is C9H7ClN2O. The van der Waals surface area contributed by atoms with Crippen LogP contribution in [0.1, 0.15) is 17.3 Å². The second kappa shape index (κ2) is 2.85. The van der Waals surface area contributed by atoms with Gasteiger partial charge in [0.1, 0.15) is 5.65 Å². The van der Waals surface area contributed by atoms with Gasteiger partial charge in [0.15, 0.2) is 5.78 Å². The summed E-state index contributed by atoms with van der Waals surface area (Å²) in [5.41, 5.74) is 1.17. The Morgan fingerprint density at radius 3 is 3.08 bits per heavy atom. The number of ketones is 1. The van der Waals surface area contributed by atoms with E-state index in [-0.39, 0.29) is 5.78 Å². The monoisotopic (exact) mass is 194 g/mol. The van der Waals surface area contributed by atoms with Gasteiger partial charge in [0.2, 0.25) is 0 Å². The van der Waals surface area contributed by atoms with Gasteiger partial charge in [-0.15, -0.1) is 0 Å². The highest BCUT2D eigenvalue weighted by molar-refractivity contribution is 6.38. The predicted molar refractivity (Wildman–Crippen MR) is 51.1 cm³/mol. The Morgan fingerprint density at radius 2 is 2.38 bits per heavy atom. The van der Waals surface area contributed by atoms with Crippen molar-refractivity contribution in [3.8, 4) is 0 Å². The number of halogens is 1. The van der Waals surface area contributed by atoms with Crippen LogP contribution in [-0.2, 0) is 0 Å². The van der Waals surface area contributed by atoms with Crippen LogP contribution in [-0.4, -0.2) is 15.8 Å². The molecule has 0 unspecified atom stereocenters. The van der Waals surface area contributed by atoms with E-state index in [0.29, 0.717) is 16.2 Å². The molecule has 2 aromatic rings. The number of aromatic amines is 1. The number of hydrogen-bond acceptors (Lipinski definition) is 2. The van der Waals surface area contributed by atoms with Gasteiger partial charge >= 0.3 is 0 Å². The number of carbonyl (C=O) groups is 1. The Kier molecular flexibility index (Phi) is 1.81. The molecule has 0 saturated carbocycles. The van der Waals surface area contributed by atoms with Crippen LogP contribution in [0.25, 0.3) is 11.0 Å². The van der Waals surface area contributed by atoms with Gasteiger partial charge < -0.3 is 4.98 Å². The first-order valence-corrected chi connectivity index (χ1v) is 4.20. The van der Waals surface area contributed by atoms with Crippen LogP contribution in [0.2, 0.25) is 5.02 Å². The van der Waals surface area contributed by atoms with Crippen molar-refractivity contribution in [2.24, 2.45) is 0 Å². The van der Waals surface area contributed by atoms with Gasteiger partial charge in [-0.25, -0.2) is 4.98 Å². The molecule has 2 heterocycles. The highest BCUT2D eigenvalue weighted by Gasteiger charge is 2.10. The molecule has 0 radical (unpaired) electrons. The third-order valence-corrected chi connectivity index (χ3v) is 2.31. The molecule has 0 spiro atoms. The average molecular weight is 195 g/mol. The first-order valence-electron chi connectivity index (χ1n) is 3.82. The Labute approximate surface area is 79.7 Å². The zero-order valence-corrected chi connectivity index (χ0v) is 7.72. The molecule has 2 rings (SSSR count). The Balaban J connectivity index is 2.80. The van der Waals surface area contributed by atoms with Crippen molar-refractivity contribution in [3.63, 3.8) is 0 Å². The van der Waals surface area contributed by atoms with Crippen molar-refractivity contribution in [1.82, 2.24) is 9.97 Å². The van der Waals surface area contributed by atoms with Gasteiger partial charge in [-0.3, -0.25) is 4.79 Å². The molecule has 3 nitrogen and oxygen atoms in total. The molecule has 4 heteroatoms. The zero-order valence-electron chi connectivity index (χ0n) is 6.97. The van der Waals surface area contributed by atoms with Crippen molar-refractivity contribution in [3.05, 3.63) is 29.0 Å². The number of nitrogens with one attached hydrogen (secondary N) is 1. The molecular weight excluding hydrogens is 188 g/mol. The molecule has 66 valence electrons. The number of pyridine rings is 1. The number of rotatable bonds is 1. The Hall–Kier alpha value is -1.35. The second-order valence-corrected chi connectivity index (χ2v) is 3.16. The van der Waals surface area contributed by atoms with E-state index in [0.717, 1.165) is 5.39 Å². The highest BCUT2D eigenvalue weighted by Crippen LogP contribution is 2.24. The molecule has 13 heavy (non-hydrogen) atoms. The molecule has 2 aromatic heterocycles. The summed E-state index contributed by atoms with van der Waals surface area (Å²) in [5, 5.41) is 1.26. The van der Waals surface area contributed by atoms with E-state index in [1.165, 1.54) is 13.1 Å². The maximum Gasteiger partial charge on any atom is 0.162 e. The van der Waals surface area contributed by atoms with Crippen molar-refractivity contribution < 1.29 is 4.79 Å². The number of H-pyrrole nitrogens is 1. The van der Waals surface area contributed by atoms with E-state index in [4.69, 9.17) is 11.6 Å². The van der Waals surface area contributed by atoms with E-state index < -0.39 is 0 Å². The van der Waals surface area contributed by atoms with E-state index >= 15 is 0 Å². The molecule has 0 aliphatic carbocycles. The number of aromatic nitrogens is 2. The van der Waals surface area contributed by atoms with Gasteiger partial charge in [-0.2, -0.15) is 0 Å². The maximum atomic E-state index is 11.1. The smallest absolute Gasteiger partial charge is 0.162 e. The normalized spacial score (nSPS) is 10.6. The number of Topliss-reactive ketones (excluding diaryl/α,β-unsaturated/α-hetero) is 1. The number of hydrogen-bond donors (Lipinski definition) is 1. The van der Waals surface area contributed by atoms with Gasteiger partial charge in [0, 0.05) is 17.8 Å². The summed E-state index contributed by atoms with van der Waals surface area (Å²) in [4.78, 5) is 18.1. The summed E-state index contributed by atoms with van der Waals surface area (Å²) >= 11 is 6.00. The molecule has 0 bridgehead atoms. The lowest BCUT2D eigenvalue weighted by Gasteiger charge is -1.99. The molecule has 0 aromatic carbocycles. The van der Waals surface area contributed by atoms with Crippen LogP contribution in [0, 0.1) is 0 Å². The fourth-order valence-corrected chi connectivity index (χ4v) is 1.56.